The molecular weight excluding hydrogens is 226 g/mol. The Balaban J connectivity index is 1.71. The summed E-state index contributed by atoms with van der Waals surface area (Å²) in [6, 6.07) is 3.00. The smallest absolute Gasteiger partial charge is 0.00928 e. The largest absolute Gasteiger partial charge is 0.313 e. The molecule has 1 N–H and O–H groups in total. The molecule has 0 spiro atoms. The molecule has 1 heterocycles. The minimum atomic E-state index is 0.758. The van der Waals surface area contributed by atoms with Crippen molar-refractivity contribution in [1.29, 1.82) is 0 Å². The summed E-state index contributed by atoms with van der Waals surface area (Å²) in [7, 11) is 0. The van der Waals surface area contributed by atoms with Gasteiger partial charge in [0.2, 0.25) is 0 Å². The minimum absolute atomic E-state index is 0.758. The van der Waals surface area contributed by atoms with Gasteiger partial charge >= 0.3 is 0 Å². The lowest BCUT2D eigenvalue weighted by molar-refractivity contribution is 0.264. The van der Waals surface area contributed by atoms with Crippen LogP contribution in [0.15, 0.2) is 16.8 Å². The molecule has 0 bridgehead atoms. The van der Waals surface area contributed by atoms with Crippen LogP contribution in [0.3, 0.4) is 0 Å². The highest BCUT2D eigenvalue weighted by atomic mass is 32.1. The van der Waals surface area contributed by atoms with E-state index in [1.807, 2.05) is 0 Å². The summed E-state index contributed by atoms with van der Waals surface area (Å²) in [5.74, 6) is 0.941. The number of nitrogens with one attached hydrogen (secondary N) is 1. The van der Waals surface area contributed by atoms with Crippen molar-refractivity contribution < 1.29 is 0 Å². The van der Waals surface area contributed by atoms with Crippen LogP contribution in [-0.2, 0) is 6.42 Å². The highest BCUT2D eigenvalue weighted by Crippen LogP contribution is 2.27. The van der Waals surface area contributed by atoms with Crippen molar-refractivity contribution >= 4 is 11.3 Å². The van der Waals surface area contributed by atoms with Crippen molar-refractivity contribution in [3.05, 3.63) is 22.4 Å². The average Bonchev–Trinajstić information content (AvgIpc) is 2.89. The van der Waals surface area contributed by atoms with E-state index in [1.54, 1.807) is 11.3 Å². The van der Waals surface area contributed by atoms with Gasteiger partial charge in [-0.3, -0.25) is 0 Å². The molecule has 1 saturated carbocycles. The van der Waals surface area contributed by atoms with Crippen LogP contribution in [0.2, 0.25) is 0 Å². The van der Waals surface area contributed by atoms with E-state index in [0.717, 1.165) is 18.5 Å². The van der Waals surface area contributed by atoms with Gasteiger partial charge in [0.05, 0.1) is 0 Å². The molecule has 1 atom stereocenters. The summed E-state index contributed by atoms with van der Waals surface area (Å²) in [6.45, 7) is 3.47. The van der Waals surface area contributed by atoms with Gasteiger partial charge < -0.3 is 5.32 Å². The van der Waals surface area contributed by atoms with Crippen LogP contribution in [0.5, 0.6) is 0 Å². The van der Waals surface area contributed by atoms with Crippen LogP contribution in [0, 0.1) is 5.92 Å². The molecule has 1 nitrogen and oxygen atoms in total. The van der Waals surface area contributed by atoms with Gasteiger partial charge in [0.15, 0.2) is 0 Å². The van der Waals surface area contributed by atoms with E-state index in [2.05, 4.69) is 29.1 Å². The topological polar surface area (TPSA) is 12.0 Å². The number of rotatable bonds is 6. The predicted octanol–water partition coefficient (Wildman–Crippen LogP) is 4.24. The van der Waals surface area contributed by atoms with Gasteiger partial charge in [-0.05, 0) is 60.5 Å². The molecule has 0 aromatic carbocycles. The standard InChI is InChI=1S/C15H25NS/c1-2-15(14-6-4-3-5-7-14)16-10-8-13-9-11-17-12-13/h9,11-12,14-16H,2-8,10H2,1H3. The molecule has 17 heavy (non-hydrogen) atoms. The number of thiophene rings is 1. The Morgan fingerprint density at radius 1 is 1.35 bits per heavy atom. The third kappa shape index (κ3) is 4.11. The van der Waals surface area contributed by atoms with E-state index in [0.29, 0.717) is 0 Å². The summed E-state index contributed by atoms with van der Waals surface area (Å²) >= 11 is 1.80. The van der Waals surface area contributed by atoms with Crippen molar-refractivity contribution in [2.24, 2.45) is 5.92 Å². The lowest BCUT2D eigenvalue weighted by atomic mass is 9.83. The molecule has 1 fully saturated rings. The summed E-state index contributed by atoms with van der Waals surface area (Å²) < 4.78 is 0. The average molecular weight is 251 g/mol. The summed E-state index contributed by atoms with van der Waals surface area (Å²) in [5, 5.41) is 8.22. The Hall–Kier alpha value is -0.340. The second kappa shape index (κ2) is 7.17. The maximum absolute atomic E-state index is 3.78. The summed E-state index contributed by atoms with van der Waals surface area (Å²) in [5.41, 5.74) is 1.49. The predicted molar refractivity (Wildman–Crippen MR) is 76.7 cm³/mol. The maximum Gasteiger partial charge on any atom is 0.00928 e. The van der Waals surface area contributed by atoms with E-state index in [4.69, 9.17) is 0 Å². The molecule has 1 aromatic rings. The fourth-order valence-electron chi connectivity index (χ4n) is 3.02. The van der Waals surface area contributed by atoms with Crippen molar-refractivity contribution in [2.45, 2.75) is 57.9 Å². The first-order chi connectivity index (χ1) is 8.40. The summed E-state index contributed by atoms with van der Waals surface area (Å²) in [6.07, 6.45) is 9.73. The zero-order chi connectivity index (χ0) is 11.9. The number of hydrogen-bond donors (Lipinski definition) is 1. The van der Waals surface area contributed by atoms with Crippen molar-refractivity contribution in [2.75, 3.05) is 6.54 Å². The Labute approximate surface area is 110 Å². The Bertz CT molecular complexity index is 288. The number of hydrogen-bond acceptors (Lipinski definition) is 2. The Morgan fingerprint density at radius 3 is 2.82 bits per heavy atom. The molecule has 1 unspecified atom stereocenters. The molecule has 1 aromatic heterocycles. The highest BCUT2D eigenvalue weighted by molar-refractivity contribution is 7.07. The lowest BCUT2D eigenvalue weighted by Crippen LogP contribution is -2.37. The molecule has 1 aliphatic rings. The molecule has 0 amide bonds. The van der Waals surface area contributed by atoms with Gasteiger partial charge in [0, 0.05) is 6.04 Å². The highest BCUT2D eigenvalue weighted by Gasteiger charge is 2.21. The van der Waals surface area contributed by atoms with Gasteiger partial charge in [-0.1, -0.05) is 26.2 Å². The quantitative estimate of drug-likeness (QED) is 0.797. The fraction of sp³-hybridized carbons (Fsp3) is 0.733. The maximum atomic E-state index is 3.78. The van der Waals surface area contributed by atoms with E-state index in [-0.39, 0.29) is 0 Å². The van der Waals surface area contributed by atoms with Crippen LogP contribution in [-0.4, -0.2) is 12.6 Å². The zero-order valence-electron chi connectivity index (χ0n) is 11.0. The van der Waals surface area contributed by atoms with Crippen LogP contribution in [0.1, 0.15) is 51.0 Å². The van der Waals surface area contributed by atoms with Crippen molar-refractivity contribution in [3.63, 3.8) is 0 Å². The first-order valence-electron chi connectivity index (χ1n) is 7.14. The normalized spacial score (nSPS) is 19.4. The van der Waals surface area contributed by atoms with Crippen LogP contribution < -0.4 is 5.32 Å². The van der Waals surface area contributed by atoms with E-state index in [1.165, 1.54) is 50.5 Å². The zero-order valence-corrected chi connectivity index (χ0v) is 11.8. The first kappa shape index (κ1) is 13.1. The molecule has 1 aliphatic carbocycles. The minimum Gasteiger partial charge on any atom is -0.313 e. The third-order valence-corrected chi connectivity index (χ3v) is 4.79. The fourth-order valence-corrected chi connectivity index (χ4v) is 3.72. The Morgan fingerprint density at radius 2 is 2.18 bits per heavy atom. The lowest BCUT2D eigenvalue weighted by Gasteiger charge is -2.30. The summed E-state index contributed by atoms with van der Waals surface area (Å²) in [4.78, 5) is 0. The third-order valence-electron chi connectivity index (χ3n) is 4.06. The first-order valence-corrected chi connectivity index (χ1v) is 8.09. The van der Waals surface area contributed by atoms with Gasteiger partial charge in [0.1, 0.15) is 0 Å². The second-order valence-electron chi connectivity index (χ2n) is 5.25. The van der Waals surface area contributed by atoms with Crippen LogP contribution in [0.25, 0.3) is 0 Å². The van der Waals surface area contributed by atoms with E-state index >= 15 is 0 Å². The SMILES string of the molecule is CCC(NCCc1ccsc1)C1CCCCC1. The Kier molecular flexibility index (Phi) is 5.53. The molecule has 2 rings (SSSR count). The van der Waals surface area contributed by atoms with Gasteiger partial charge in [-0.25, -0.2) is 0 Å². The molecule has 0 aliphatic heterocycles. The molecule has 0 radical (unpaired) electrons. The van der Waals surface area contributed by atoms with E-state index < -0.39 is 0 Å². The molecule has 0 saturated heterocycles. The second-order valence-corrected chi connectivity index (χ2v) is 6.03. The van der Waals surface area contributed by atoms with Crippen LogP contribution >= 0.6 is 11.3 Å². The van der Waals surface area contributed by atoms with Gasteiger partial charge in [0.25, 0.3) is 0 Å². The monoisotopic (exact) mass is 251 g/mol. The van der Waals surface area contributed by atoms with Crippen molar-refractivity contribution in [1.82, 2.24) is 5.32 Å². The van der Waals surface area contributed by atoms with E-state index in [9.17, 15) is 0 Å². The van der Waals surface area contributed by atoms with Gasteiger partial charge in [-0.15, -0.1) is 0 Å². The molecular formula is C15H25NS. The molecule has 96 valence electrons. The van der Waals surface area contributed by atoms with Gasteiger partial charge in [-0.2, -0.15) is 11.3 Å². The van der Waals surface area contributed by atoms with Crippen molar-refractivity contribution in [3.8, 4) is 0 Å². The molecule has 2 heteroatoms. The van der Waals surface area contributed by atoms with Crippen LogP contribution in [0.4, 0.5) is 0 Å².